The van der Waals surface area contributed by atoms with E-state index in [2.05, 4.69) is 28.8 Å². The number of nitrogens with one attached hydrogen (secondary N) is 1. The molecule has 5 rings (SSSR count). The van der Waals surface area contributed by atoms with Crippen LogP contribution in [-0.4, -0.2) is 15.4 Å². The van der Waals surface area contributed by atoms with Crippen molar-refractivity contribution in [3.8, 4) is 17.0 Å². The molecule has 37 heavy (non-hydrogen) atoms. The van der Waals surface area contributed by atoms with Gasteiger partial charge in [-0.25, -0.2) is 9.78 Å². The molecular weight excluding hydrogens is 458 g/mol. The van der Waals surface area contributed by atoms with E-state index in [1.165, 1.54) is 5.56 Å². The molecule has 5 nitrogen and oxygen atoms in total. The number of aromatic nitrogens is 2. The van der Waals surface area contributed by atoms with Crippen molar-refractivity contribution in [3.05, 3.63) is 119 Å². The van der Waals surface area contributed by atoms with E-state index in [9.17, 15) is 4.79 Å². The van der Waals surface area contributed by atoms with Gasteiger partial charge in [-0.05, 0) is 66.8 Å². The topological polar surface area (TPSA) is 55.6 Å². The largest absolute Gasteiger partial charge is 0.422 e. The van der Waals surface area contributed by atoms with Crippen LogP contribution in [0.2, 0.25) is 0 Å². The molecule has 2 aromatic heterocycles. The maximum Gasteiger partial charge on any atom is 0.343 e. The number of esters is 1. The summed E-state index contributed by atoms with van der Waals surface area (Å²) in [4.78, 5) is 18.1. The number of imidazole rings is 1. The van der Waals surface area contributed by atoms with Crippen LogP contribution in [0.1, 0.15) is 46.8 Å². The lowest BCUT2D eigenvalue weighted by Crippen LogP contribution is -2.09. The summed E-state index contributed by atoms with van der Waals surface area (Å²) in [5.74, 6) is 0.950. The van der Waals surface area contributed by atoms with Crippen LogP contribution in [0.5, 0.6) is 5.75 Å². The number of para-hydroxylation sites is 1. The first-order valence-electron chi connectivity index (χ1n) is 12.8. The molecule has 0 atom stereocenters. The lowest BCUT2D eigenvalue weighted by molar-refractivity contribution is 0.0735. The van der Waals surface area contributed by atoms with Crippen LogP contribution in [0.25, 0.3) is 16.9 Å². The standard InChI is InChI=1S/C32H31N3O2/c1-3-4-12-24-17-19-26(20-18-24)32(36)37-28-16-9-8-15-27(28)29-31(33-22-25-13-6-5-7-14-25)35-21-10-11-23(2)30(35)34-29/h5-11,13-21,33H,3-4,12,22H2,1-2H3. The number of hydrogen-bond donors (Lipinski definition) is 1. The Morgan fingerprint density at radius 2 is 1.65 bits per heavy atom. The predicted octanol–water partition coefficient (Wildman–Crippen LogP) is 7.48. The normalized spacial score (nSPS) is 11.0. The molecule has 0 fully saturated rings. The van der Waals surface area contributed by atoms with Crippen molar-refractivity contribution < 1.29 is 9.53 Å². The van der Waals surface area contributed by atoms with E-state index in [0.717, 1.165) is 53.1 Å². The van der Waals surface area contributed by atoms with Crippen molar-refractivity contribution in [1.82, 2.24) is 9.38 Å². The number of aryl methyl sites for hydroxylation is 2. The molecule has 1 N–H and O–H groups in total. The van der Waals surface area contributed by atoms with Crippen LogP contribution in [0.15, 0.2) is 97.2 Å². The van der Waals surface area contributed by atoms with Crippen molar-refractivity contribution in [2.45, 2.75) is 39.7 Å². The highest BCUT2D eigenvalue weighted by Gasteiger charge is 2.20. The van der Waals surface area contributed by atoms with Crippen molar-refractivity contribution >= 4 is 17.4 Å². The molecule has 186 valence electrons. The third kappa shape index (κ3) is 5.41. The van der Waals surface area contributed by atoms with E-state index in [-0.39, 0.29) is 5.97 Å². The van der Waals surface area contributed by atoms with Crippen LogP contribution in [0.4, 0.5) is 5.82 Å². The fourth-order valence-electron chi connectivity index (χ4n) is 4.44. The second-order valence-electron chi connectivity index (χ2n) is 9.22. The number of fused-ring (bicyclic) bond motifs is 1. The Bertz CT molecular complexity index is 1500. The molecule has 0 aliphatic rings. The van der Waals surface area contributed by atoms with Gasteiger partial charge in [-0.15, -0.1) is 0 Å². The minimum absolute atomic E-state index is 0.381. The van der Waals surface area contributed by atoms with E-state index < -0.39 is 0 Å². The van der Waals surface area contributed by atoms with Crippen LogP contribution in [0, 0.1) is 6.92 Å². The number of rotatable bonds is 9. The highest BCUT2D eigenvalue weighted by Crippen LogP contribution is 2.36. The van der Waals surface area contributed by atoms with E-state index in [1.54, 1.807) is 0 Å². The van der Waals surface area contributed by atoms with Gasteiger partial charge >= 0.3 is 5.97 Å². The van der Waals surface area contributed by atoms with Gasteiger partial charge in [-0.1, -0.05) is 74.0 Å². The van der Waals surface area contributed by atoms with E-state index in [1.807, 2.05) is 92.0 Å². The second-order valence-corrected chi connectivity index (χ2v) is 9.22. The summed E-state index contributed by atoms with van der Waals surface area (Å²) in [5.41, 5.74) is 6.35. The second kappa shape index (κ2) is 11.1. The zero-order valence-electron chi connectivity index (χ0n) is 21.3. The maximum absolute atomic E-state index is 13.1. The molecule has 0 spiro atoms. The molecule has 3 aromatic carbocycles. The number of ether oxygens (including phenoxy) is 1. The SMILES string of the molecule is CCCCc1ccc(C(=O)Oc2ccccc2-c2nc3c(C)cccn3c2NCc2ccccc2)cc1. The minimum Gasteiger partial charge on any atom is -0.422 e. The molecule has 5 heteroatoms. The Balaban J connectivity index is 1.48. The van der Waals surface area contributed by atoms with Crippen molar-refractivity contribution in [3.63, 3.8) is 0 Å². The van der Waals surface area contributed by atoms with E-state index in [0.29, 0.717) is 17.9 Å². The first-order chi connectivity index (χ1) is 18.1. The number of carbonyl (C=O) groups excluding carboxylic acids is 1. The van der Waals surface area contributed by atoms with Gasteiger partial charge < -0.3 is 10.1 Å². The summed E-state index contributed by atoms with van der Waals surface area (Å²) in [6.07, 6.45) is 5.29. The van der Waals surface area contributed by atoms with Gasteiger partial charge in [0.05, 0.1) is 5.56 Å². The summed E-state index contributed by atoms with van der Waals surface area (Å²) < 4.78 is 7.99. The third-order valence-corrected chi connectivity index (χ3v) is 6.50. The minimum atomic E-state index is -0.381. The highest BCUT2D eigenvalue weighted by atomic mass is 16.5. The molecule has 0 saturated heterocycles. The maximum atomic E-state index is 13.1. The number of anilines is 1. The van der Waals surface area contributed by atoms with Gasteiger partial charge in [0.15, 0.2) is 0 Å². The van der Waals surface area contributed by atoms with Gasteiger partial charge in [-0.2, -0.15) is 0 Å². The number of hydrogen-bond acceptors (Lipinski definition) is 4. The van der Waals surface area contributed by atoms with Crippen LogP contribution in [0.3, 0.4) is 0 Å². The van der Waals surface area contributed by atoms with E-state index >= 15 is 0 Å². The fourth-order valence-corrected chi connectivity index (χ4v) is 4.44. The Morgan fingerprint density at radius 1 is 0.892 bits per heavy atom. The quantitative estimate of drug-likeness (QED) is 0.172. The van der Waals surface area contributed by atoms with Gasteiger partial charge in [0.25, 0.3) is 0 Å². The predicted molar refractivity (Wildman–Crippen MR) is 149 cm³/mol. The average molecular weight is 490 g/mol. The summed E-state index contributed by atoms with van der Waals surface area (Å²) in [5, 5.41) is 3.57. The Hall–Kier alpha value is -4.38. The third-order valence-electron chi connectivity index (χ3n) is 6.50. The van der Waals surface area contributed by atoms with Crippen molar-refractivity contribution in [2.75, 3.05) is 5.32 Å². The van der Waals surface area contributed by atoms with Crippen molar-refractivity contribution in [2.24, 2.45) is 0 Å². The zero-order valence-corrected chi connectivity index (χ0v) is 21.3. The molecule has 5 aromatic rings. The van der Waals surface area contributed by atoms with Gasteiger partial charge in [0.1, 0.15) is 22.9 Å². The number of pyridine rings is 1. The highest BCUT2D eigenvalue weighted by molar-refractivity contribution is 5.92. The average Bonchev–Trinajstić information content (AvgIpc) is 3.31. The molecule has 0 radical (unpaired) electrons. The Labute approximate surface area is 217 Å². The van der Waals surface area contributed by atoms with Crippen molar-refractivity contribution in [1.29, 1.82) is 0 Å². The van der Waals surface area contributed by atoms with Gasteiger partial charge in [-0.3, -0.25) is 4.40 Å². The first kappa shape index (κ1) is 24.3. The fraction of sp³-hybridized carbons (Fsp3) is 0.188. The Morgan fingerprint density at radius 3 is 2.43 bits per heavy atom. The zero-order chi connectivity index (χ0) is 25.6. The Kier molecular flexibility index (Phi) is 7.31. The van der Waals surface area contributed by atoms with Crippen LogP contribution >= 0.6 is 0 Å². The molecular formula is C32H31N3O2. The lowest BCUT2D eigenvalue weighted by Gasteiger charge is -2.12. The molecule has 0 unspecified atom stereocenters. The number of benzene rings is 3. The number of nitrogens with zero attached hydrogens (tertiary/aromatic N) is 2. The summed E-state index contributed by atoms with van der Waals surface area (Å²) in [6, 6.07) is 29.6. The number of carbonyl (C=O) groups is 1. The monoisotopic (exact) mass is 489 g/mol. The van der Waals surface area contributed by atoms with Gasteiger partial charge in [0, 0.05) is 18.3 Å². The van der Waals surface area contributed by atoms with Crippen LogP contribution in [-0.2, 0) is 13.0 Å². The molecule has 0 aliphatic carbocycles. The number of unbranched alkanes of at least 4 members (excludes halogenated alkanes) is 1. The smallest absolute Gasteiger partial charge is 0.343 e. The molecule has 0 aliphatic heterocycles. The molecule has 0 amide bonds. The van der Waals surface area contributed by atoms with Crippen LogP contribution < -0.4 is 10.1 Å². The lowest BCUT2D eigenvalue weighted by atomic mass is 10.1. The molecule has 0 saturated carbocycles. The molecule has 2 heterocycles. The first-order valence-corrected chi connectivity index (χ1v) is 12.8. The summed E-state index contributed by atoms with van der Waals surface area (Å²) in [7, 11) is 0. The van der Waals surface area contributed by atoms with Gasteiger partial charge in [0.2, 0.25) is 0 Å². The van der Waals surface area contributed by atoms with E-state index in [4.69, 9.17) is 9.72 Å². The summed E-state index contributed by atoms with van der Waals surface area (Å²) in [6.45, 7) is 4.86. The summed E-state index contributed by atoms with van der Waals surface area (Å²) >= 11 is 0. The molecule has 0 bridgehead atoms.